The van der Waals surface area contributed by atoms with Crippen molar-refractivity contribution in [1.82, 2.24) is 14.8 Å². The molecule has 0 amide bonds. The molecule has 142 valence electrons. The third kappa shape index (κ3) is 3.57. The Morgan fingerprint density at radius 3 is 2.38 bits per heavy atom. The third-order valence-electron chi connectivity index (χ3n) is 5.20. The van der Waals surface area contributed by atoms with Gasteiger partial charge in [-0.15, -0.1) is 0 Å². The number of fused-ring (bicyclic) bond motifs is 1. The first-order valence-corrected chi connectivity index (χ1v) is 9.73. The summed E-state index contributed by atoms with van der Waals surface area (Å²) in [6, 6.07) is 27.2. The van der Waals surface area contributed by atoms with Crippen molar-refractivity contribution in [2.75, 3.05) is 0 Å². The van der Waals surface area contributed by atoms with Crippen LogP contribution in [0.15, 0.2) is 91.1 Å². The van der Waals surface area contributed by atoms with E-state index in [0.717, 1.165) is 46.4 Å². The summed E-state index contributed by atoms with van der Waals surface area (Å²) < 4.78 is 15.3. The average molecular weight is 381 g/mol. The van der Waals surface area contributed by atoms with E-state index in [9.17, 15) is 4.39 Å². The van der Waals surface area contributed by atoms with Gasteiger partial charge in [-0.3, -0.25) is 0 Å². The molecule has 0 saturated carbocycles. The fourth-order valence-electron chi connectivity index (χ4n) is 3.67. The first kappa shape index (κ1) is 17.4. The number of rotatable bonds is 5. The second kappa shape index (κ2) is 7.40. The number of aromatic amines is 1. The summed E-state index contributed by atoms with van der Waals surface area (Å²) in [6.07, 6.45) is 3.86. The second-order valence-corrected chi connectivity index (χ2v) is 7.18. The third-order valence-corrected chi connectivity index (χ3v) is 5.20. The Balaban J connectivity index is 1.54. The maximum atomic E-state index is 13.4. The fraction of sp³-hybridized carbons (Fsp3) is 0.0800. The van der Waals surface area contributed by atoms with Crippen molar-refractivity contribution in [1.29, 1.82) is 0 Å². The van der Waals surface area contributed by atoms with E-state index in [2.05, 4.69) is 53.6 Å². The van der Waals surface area contributed by atoms with Crippen LogP contribution in [0.5, 0.6) is 0 Å². The number of hydrogen-bond donors (Lipinski definition) is 1. The van der Waals surface area contributed by atoms with Crippen LogP contribution in [0.4, 0.5) is 4.39 Å². The number of aromatic nitrogens is 3. The van der Waals surface area contributed by atoms with Gasteiger partial charge < -0.3 is 4.98 Å². The standard InChI is InChI=1S/C25H20FN3/c26-22-14-12-19(13-15-22)25-21(11-10-18-6-2-1-3-7-18)17-29(28-25)24-16-20-8-4-5-9-23(20)27-24/h1-9,12-17,27H,10-11H2. The van der Waals surface area contributed by atoms with Crippen molar-refractivity contribution < 1.29 is 4.39 Å². The highest BCUT2D eigenvalue weighted by atomic mass is 19.1. The lowest BCUT2D eigenvalue weighted by Gasteiger charge is -2.03. The van der Waals surface area contributed by atoms with E-state index in [0.29, 0.717) is 0 Å². The normalized spacial score (nSPS) is 11.2. The molecule has 0 aliphatic carbocycles. The minimum atomic E-state index is -0.241. The van der Waals surface area contributed by atoms with E-state index < -0.39 is 0 Å². The van der Waals surface area contributed by atoms with Gasteiger partial charge in [-0.1, -0.05) is 48.5 Å². The number of H-pyrrole nitrogens is 1. The highest BCUT2D eigenvalue weighted by Gasteiger charge is 2.14. The van der Waals surface area contributed by atoms with Gasteiger partial charge in [-0.05, 0) is 60.4 Å². The van der Waals surface area contributed by atoms with Gasteiger partial charge in [-0.2, -0.15) is 5.10 Å². The highest BCUT2D eigenvalue weighted by Crippen LogP contribution is 2.26. The summed E-state index contributed by atoms with van der Waals surface area (Å²) in [5.41, 5.74) is 5.31. The Kier molecular flexibility index (Phi) is 4.45. The van der Waals surface area contributed by atoms with Crippen molar-refractivity contribution >= 4 is 10.9 Å². The Labute approximate surface area is 168 Å². The quantitative estimate of drug-likeness (QED) is 0.401. The number of para-hydroxylation sites is 1. The average Bonchev–Trinajstić information content (AvgIpc) is 3.38. The molecule has 29 heavy (non-hydrogen) atoms. The number of benzene rings is 3. The molecular formula is C25H20FN3. The largest absolute Gasteiger partial charge is 0.340 e. The molecule has 0 fully saturated rings. The predicted octanol–water partition coefficient (Wildman–Crippen LogP) is 5.94. The van der Waals surface area contributed by atoms with Gasteiger partial charge in [0.1, 0.15) is 11.6 Å². The van der Waals surface area contributed by atoms with Crippen LogP contribution in [-0.4, -0.2) is 14.8 Å². The first-order chi connectivity index (χ1) is 14.3. The number of hydrogen-bond acceptors (Lipinski definition) is 1. The van der Waals surface area contributed by atoms with Crippen LogP contribution in [-0.2, 0) is 12.8 Å². The Morgan fingerprint density at radius 2 is 1.59 bits per heavy atom. The lowest BCUT2D eigenvalue weighted by Crippen LogP contribution is -1.94. The summed E-state index contributed by atoms with van der Waals surface area (Å²) in [5, 5.41) is 6.00. The summed E-state index contributed by atoms with van der Waals surface area (Å²) in [6.45, 7) is 0. The van der Waals surface area contributed by atoms with Crippen molar-refractivity contribution in [2.24, 2.45) is 0 Å². The van der Waals surface area contributed by atoms with Crippen LogP contribution in [0, 0.1) is 5.82 Å². The van der Waals surface area contributed by atoms with Crippen molar-refractivity contribution in [3.8, 4) is 17.1 Å². The first-order valence-electron chi connectivity index (χ1n) is 9.73. The molecule has 3 nitrogen and oxygen atoms in total. The summed E-state index contributed by atoms with van der Waals surface area (Å²) in [7, 11) is 0. The summed E-state index contributed by atoms with van der Waals surface area (Å²) >= 11 is 0. The molecule has 1 N–H and O–H groups in total. The molecule has 0 bridgehead atoms. The van der Waals surface area contributed by atoms with Gasteiger partial charge in [0.2, 0.25) is 0 Å². The molecule has 0 atom stereocenters. The van der Waals surface area contributed by atoms with Gasteiger partial charge in [-0.25, -0.2) is 9.07 Å². The molecule has 2 heterocycles. The SMILES string of the molecule is Fc1ccc(-c2nn(-c3cc4ccccc4[nH]3)cc2CCc2ccccc2)cc1. The lowest BCUT2D eigenvalue weighted by atomic mass is 10.0. The Morgan fingerprint density at radius 1 is 0.828 bits per heavy atom. The minimum Gasteiger partial charge on any atom is -0.340 e. The van der Waals surface area contributed by atoms with Gasteiger partial charge in [0.25, 0.3) is 0 Å². The predicted molar refractivity (Wildman–Crippen MR) is 115 cm³/mol. The molecule has 4 heteroatoms. The molecule has 0 radical (unpaired) electrons. The molecule has 0 aliphatic heterocycles. The molecule has 0 spiro atoms. The van der Waals surface area contributed by atoms with Crippen LogP contribution in [0.2, 0.25) is 0 Å². The zero-order chi connectivity index (χ0) is 19.6. The number of halogens is 1. The van der Waals surface area contributed by atoms with Crippen molar-refractivity contribution in [2.45, 2.75) is 12.8 Å². The van der Waals surface area contributed by atoms with E-state index in [1.165, 1.54) is 17.7 Å². The molecule has 0 saturated heterocycles. The Bertz CT molecular complexity index is 1220. The van der Waals surface area contributed by atoms with Crippen LogP contribution >= 0.6 is 0 Å². The second-order valence-electron chi connectivity index (χ2n) is 7.18. The maximum absolute atomic E-state index is 13.4. The van der Waals surface area contributed by atoms with Crippen LogP contribution in [0.3, 0.4) is 0 Å². The number of nitrogens with one attached hydrogen (secondary N) is 1. The van der Waals surface area contributed by atoms with E-state index in [-0.39, 0.29) is 5.82 Å². The van der Waals surface area contributed by atoms with Gasteiger partial charge in [0.05, 0.1) is 5.69 Å². The molecule has 5 aromatic rings. The summed E-state index contributed by atoms with van der Waals surface area (Å²) in [5.74, 6) is 0.676. The van der Waals surface area contributed by atoms with Gasteiger partial charge >= 0.3 is 0 Å². The van der Waals surface area contributed by atoms with Gasteiger partial charge in [0, 0.05) is 22.7 Å². The van der Waals surface area contributed by atoms with Crippen LogP contribution in [0.1, 0.15) is 11.1 Å². The van der Waals surface area contributed by atoms with Gasteiger partial charge in [0.15, 0.2) is 0 Å². The zero-order valence-electron chi connectivity index (χ0n) is 15.8. The van der Waals surface area contributed by atoms with Crippen LogP contribution < -0.4 is 0 Å². The molecule has 3 aromatic carbocycles. The molecule has 5 rings (SSSR count). The Hall–Kier alpha value is -3.66. The number of aryl methyl sites for hydroxylation is 2. The number of nitrogens with zero attached hydrogens (tertiary/aromatic N) is 2. The van der Waals surface area contributed by atoms with E-state index >= 15 is 0 Å². The summed E-state index contributed by atoms with van der Waals surface area (Å²) in [4.78, 5) is 3.43. The van der Waals surface area contributed by atoms with E-state index in [4.69, 9.17) is 5.10 Å². The van der Waals surface area contributed by atoms with E-state index in [1.807, 2.05) is 22.9 Å². The monoisotopic (exact) mass is 381 g/mol. The smallest absolute Gasteiger partial charge is 0.132 e. The minimum absolute atomic E-state index is 0.241. The van der Waals surface area contributed by atoms with Crippen molar-refractivity contribution in [3.63, 3.8) is 0 Å². The van der Waals surface area contributed by atoms with Crippen molar-refractivity contribution in [3.05, 3.63) is 108 Å². The fourth-order valence-corrected chi connectivity index (χ4v) is 3.67. The maximum Gasteiger partial charge on any atom is 0.132 e. The zero-order valence-corrected chi connectivity index (χ0v) is 15.8. The highest BCUT2D eigenvalue weighted by molar-refractivity contribution is 5.82. The molecule has 0 aliphatic rings. The van der Waals surface area contributed by atoms with Crippen LogP contribution in [0.25, 0.3) is 28.0 Å². The molecule has 2 aromatic heterocycles. The van der Waals surface area contributed by atoms with E-state index in [1.54, 1.807) is 12.1 Å². The molecular weight excluding hydrogens is 361 g/mol. The topological polar surface area (TPSA) is 33.6 Å². The molecule has 0 unspecified atom stereocenters. The lowest BCUT2D eigenvalue weighted by molar-refractivity contribution is 0.628.